The Hall–Kier alpha value is -1.14. The molecule has 1 aliphatic heterocycles. The minimum atomic E-state index is -0.874. The second kappa shape index (κ2) is 6.86. The highest BCUT2D eigenvalue weighted by Gasteiger charge is 2.36. The van der Waals surface area contributed by atoms with Crippen molar-refractivity contribution in [2.75, 3.05) is 32.8 Å². The topological polar surface area (TPSA) is 78.9 Å². The standard InChI is InChI=1S/C13H24N2O4/c1-4-5-14-11(16)10-8-19-7-6-15(10)9-13(2,3)12(17)18/h10H,4-9H2,1-3H3,(H,14,16)(H,17,18). The number of carboxylic acids is 1. The van der Waals surface area contributed by atoms with E-state index < -0.39 is 11.4 Å². The van der Waals surface area contributed by atoms with Crippen molar-refractivity contribution < 1.29 is 19.4 Å². The minimum absolute atomic E-state index is 0.0808. The summed E-state index contributed by atoms with van der Waals surface area (Å²) in [4.78, 5) is 25.1. The lowest BCUT2D eigenvalue weighted by molar-refractivity contribution is -0.151. The lowest BCUT2D eigenvalue weighted by Crippen LogP contribution is -2.56. The van der Waals surface area contributed by atoms with Crippen molar-refractivity contribution in [3.63, 3.8) is 0 Å². The lowest BCUT2D eigenvalue weighted by Gasteiger charge is -2.38. The number of nitrogens with zero attached hydrogens (tertiary/aromatic N) is 1. The quantitative estimate of drug-likeness (QED) is 0.728. The van der Waals surface area contributed by atoms with Crippen LogP contribution in [0.1, 0.15) is 27.2 Å². The Balaban J connectivity index is 2.67. The average Bonchev–Trinajstić information content (AvgIpc) is 2.36. The van der Waals surface area contributed by atoms with E-state index in [9.17, 15) is 14.7 Å². The van der Waals surface area contributed by atoms with Crippen molar-refractivity contribution in [2.45, 2.75) is 33.2 Å². The summed E-state index contributed by atoms with van der Waals surface area (Å²) < 4.78 is 5.34. The molecule has 19 heavy (non-hydrogen) atoms. The molecule has 1 atom stereocenters. The molecule has 0 aromatic heterocycles. The zero-order valence-electron chi connectivity index (χ0n) is 11.9. The van der Waals surface area contributed by atoms with Crippen LogP contribution in [-0.2, 0) is 14.3 Å². The summed E-state index contributed by atoms with van der Waals surface area (Å²) in [6.07, 6.45) is 0.875. The molecule has 110 valence electrons. The van der Waals surface area contributed by atoms with E-state index in [2.05, 4.69) is 5.32 Å². The van der Waals surface area contributed by atoms with Gasteiger partial charge in [-0.2, -0.15) is 0 Å². The van der Waals surface area contributed by atoms with Crippen LogP contribution in [0.4, 0.5) is 0 Å². The van der Waals surface area contributed by atoms with Gasteiger partial charge in [-0.25, -0.2) is 0 Å². The van der Waals surface area contributed by atoms with Crippen molar-refractivity contribution in [2.24, 2.45) is 5.41 Å². The molecule has 0 aromatic carbocycles. The van der Waals surface area contributed by atoms with Gasteiger partial charge in [-0.1, -0.05) is 6.92 Å². The van der Waals surface area contributed by atoms with Crippen LogP contribution in [0.25, 0.3) is 0 Å². The van der Waals surface area contributed by atoms with Gasteiger partial charge in [-0.3, -0.25) is 14.5 Å². The van der Waals surface area contributed by atoms with Gasteiger partial charge < -0.3 is 15.2 Å². The maximum absolute atomic E-state index is 12.0. The SMILES string of the molecule is CCCNC(=O)C1COCCN1CC(C)(C)C(=O)O. The monoisotopic (exact) mass is 272 g/mol. The molecule has 1 rings (SSSR count). The van der Waals surface area contributed by atoms with E-state index in [1.165, 1.54) is 0 Å². The molecule has 6 nitrogen and oxygen atoms in total. The van der Waals surface area contributed by atoms with Crippen LogP contribution in [0.5, 0.6) is 0 Å². The Kier molecular flexibility index (Phi) is 5.75. The van der Waals surface area contributed by atoms with Gasteiger partial charge in [0.05, 0.1) is 18.6 Å². The zero-order valence-corrected chi connectivity index (χ0v) is 11.9. The molecule has 0 aromatic rings. The van der Waals surface area contributed by atoms with E-state index in [1.54, 1.807) is 13.8 Å². The third-order valence-electron chi connectivity index (χ3n) is 3.27. The Morgan fingerprint density at radius 1 is 1.47 bits per heavy atom. The van der Waals surface area contributed by atoms with E-state index in [0.717, 1.165) is 6.42 Å². The van der Waals surface area contributed by atoms with Crippen LogP contribution >= 0.6 is 0 Å². The maximum atomic E-state index is 12.0. The second-order valence-electron chi connectivity index (χ2n) is 5.54. The molecule has 6 heteroatoms. The molecular weight excluding hydrogens is 248 g/mol. The molecule has 1 amide bonds. The lowest BCUT2D eigenvalue weighted by atomic mass is 9.92. The summed E-state index contributed by atoms with van der Waals surface area (Å²) in [5.41, 5.74) is -0.874. The van der Waals surface area contributed by atoms with Gasteiger partial charge in [0.2, 0.25) is 5.91 Å². The predicted octanol–water partition coefficient (Wildman–Crippen LogP) is 0.324. The van der Waals surface area contributed by atoms with Crippen molar-refractivity contribution in [1.82, 2.24) is 10.2 Å². The van der Waals surface area contributed by atoms with E-state index in [1.807, 2.05) is 11.8 Å². The number of carbonyl (C=O) groups excluding carboxylic acids is 1. The number of carbonyl (C=O) groups is 2. The third-order valence-corrected chi connectivity index (χ3v) is 3.27. The van der Waals surface area contributed by atoms with Crippen molar-refractivity contribution in [3.8, 4) is 0 Å². The fourth-order valence-electron chi connectivity index (χ4n) is 2.01. The summed E-state index contributed by atoms with van der Waals surface area (Å²) >= 11 is 0. The Morgan fingerprint density at radius 2 is 2.16 bits per heavy atom. The summed E-state index contributed by atoms with van der Waals surface area (Å²) in [5.74, 6) is -0.936. The normalized spacial score (nSPS) is 21.1. The first-order valence-electron chi connectivity index (χ1n) is 6.71. The first kappa shape index (κ1) is 15.9. The van der Waals surface area contributed by atoms with E-state index in [-0.39, 0.29) is 11.9 Å². The number of nitrogens with one attached hydrogen (secondary N) is 1. The minimum Gasteiger partial charge on any atom is -0.481 e. The molecular formula is C13H24N2O4. The highest BCUT2D eigenvalue weighted by atomic mass is 16.5. The maximum Gasteiger partial charge on any atom is 0.310 e. The largest absolute Gasteiger partial charge is 0.481 e. The van der Waals surface area contributed by atoms with E-state index >= 15 is 0 Å². The molecule has 1 unspecified atom stereocenters. The molecule has 0 saturated carbocycles. The summed E-state index contributed by atoms with van der Waals surface area (Å²) in [7, 11) is 0. The first-order valence-corrected chi connectivity index (χ1v) is 6.71. The Morgan fingerprint density at radius 3 is 2.74 bits per heavy atom. The van der Waals surface area contributed by atoms with Crippen LogP contribution in [-0.4, -0.2) is 60.8 Å². The van der Waals surface area contributed by atoms with Gasteiger partial charge in [-0.05, 0) is 20.3 Å². The number of rotatable bonds is 6. The van der Waals surface area contributed by atoms with Crippen molar-refractivity contribution in [3.05, 3.63) is 0 Å². The van der Waals surface area contributed by atoms with Gasteiger partial charge in [0, 0.05) is 19.6 Å². The molecule has 0 bridgehead atoms. The number of ether oxygens (including phenoxy) is 1. The summed E-state index contributed by atoms with van der Waals surface area (Å²) in [5, 5.41) is 12.0. The van der Waals surface area contributed by atoms with Gasteiger partial charge in [0.1, 0.15) is 6.04 Å². The number of hydrogen-bond acceptors (Lipinski definition) is 4. The van der Waals surface area contributed by atoms with Crippen LogP contribution in [0.2, 0.25) is 0 Å². The molecule has 1 aliphatic rings. The first-order chi connectivity index (χ1) is 8.88. The summed E-state index contributed by atoms with van der Waals surface area (Å²) in [6.45, 7) is 7.75. The zero-order chi connectivity index (χ0) is 14.5. The highest BCUT2D eigenvalue weighted by molar-refractivity contribution is 5.82. The van der Waals surface area contributed by atoms with Crippen LogP contribution in [0, 0.1) is 5.41 Å². The number of hydrogen-bond donors (Lipinski definition) is 2. The van der Waals surface area contributed by atoms with Gasteiger partial charge in [0.25, 0.3) is 0 Å². The molecule has 0 aliphatic carbocycles. The number of aliphatic carboxylic acids is 1. The van der Waals surface area contributed by atoms with Crippen LogP contribution in [0.3, 0.4) is 0 Å². The predicted molar refractivity (Wildman–Crippen MR) is 70.9 cm³/mol. The van der Waals surface area contributed by atoms with Crippen molar-refractivity contribution >= 4 is 11.9 Å². The number of amides is 1. The molecule has 1 saturated heterocycles. The molecule has 0 spiro atoms. The van der Waals surface area contributed by atoms with Gasteiger partial charge >= 0.3 is 5.97 Å². The van der Waals surface area contributed by atoms with Gasteiger partial charge in [0.15, 0.2) is 0 Å². The molecule has 2 N–H and O–H groups in total. The van der Waals surface area contributed by atoms with E-state index in [0.29, 0.717) is 32.8 Å². The average molecular weight is 272 g/mol. The molecule has 1 fully saturated rings. The third kappa shape index (κ3) is 4.47. The van der Waals surface area contributed by atoms with Crippen LogP contribution in [0.15, 0.2) is 0 Å². The molecule has 0 radical (unpaired) electrons. The fourth-order valence-corrected chi connectivity index (χ4v) is 2.01. The number of carboxylic acid groups (broad SMARTS) is 1. The van der Waals surface area contributed by atoms with Crippen LogP contribution < -0.4 is 5.32 Å². The van der Waals surface area contributed by atoms with Gasteiger partial charge in [-0.15, -0.1) is 0 Å². The number of morpholine rings is 1. The molecule has 1 heterocycles. The van der Waals surface area contributed by atoms with E-state index in [4.69, 9.17) is 4.74 Å². The highest BCUT2D eigenvalue weighted by Crippen LogP contribution is 2.20. The summed E-state index contributed by atoms with van der Waals surface area (Å²) in [6, 6.07) is -0.390. The Labute approximate surface area is 114 Å². The Bertz CT molecular complexity index is 331. The second-order valence-corrected chi connectivity index (χ2v) is 5.54. The smallest absolute Gasteiger partial charge is 0.310 e. The van der Waals surface area contributed by atoms with Crippen molar-refractivity contribution in [1.29, 1.82) is 0 Å². The fraction of sp³-hybridized carbons (Fsp3) is 0.846.